The van der Waals surface area contributed by atoms with Crippen molar-refractivity contribution in [3.05, 3.63) is 69.9 Å². The van der Waals surface area contributed by atoms with Crippen LogP contribution in [0.15, 0.2) is 53.0 Å². The lowest BCUT2D eigenvalue weighted by Gasteiger charge is -2.13. The number of carbonyl (C=O) groups excluding carboxylic acids is 1. The summed E-state index contributed by atoms with van der Waals surface area (Å²) in [6.07, 6.45) is 0.678. The third-order valence-corrected chi connectivity index (χ3v) is 3.91. The highest BCUT2D eigenvalue weighted by Gasteiger charge is 2.11. The standard InChI is InChI=1S/C18H19BrFNO2/c1-13(14-6-3-2-4-7-14)23-11-5-10-21-18(22)16-9-8-15(19)12-17(16)20/h2-4,6-9,12-13H,5,10-11H2,1H3,(H,21,22)/t13-/m1/s1. The van der Waals surface area contributed by atoms with Crippen LogP contribution in [0.25, 0.3) is 0 Å². The molecule has 0 aliphatic rings. The smallest absolute Gasteiger partial charge is 0.254 e. The Balaban J connectivity index is 1.70. The lowest BCUT2D eigenvalue weighted by atomic mass is 10.1. The molecule has 0 aliphatic carbocycles. The second kappa shape index (κ2) is 8.79. The van der Waals surface area contributed by atoms with E-state index in [9.17, 15) is 9.18 Å². The Kier molecular flexibility index (Phi) is 6.74. The molecule has 0 aliphatic heterocycles. The number of benzene rings is 2. The molecule has 0 unspecified atom stereocenters. The van der Waals surface area contributed by atoms with Crippen molar-refractivity contribution in [2.45, 2.75) is 19.4 Å². The summed E-state index contributed by atoms with van der Waals surface area (Å²) < 4.78 is 20.0. The van der Waals surface area contributed by atoms with E-state index in [-0.39, 0.29) is 11.7 Å². The van der Waals surface area contributed by atoms with Gasteiger partial charge in [-0.3, -0.25) is 4.79 Å². The van der Waals surface area contributed by atoms with E-state index in [1.807, 2.05) is 37.3 Å². The van der Waals surface area contributed by atoms with Gasteiger partial charge in [0, 0.05) is 17.6 Å². The van der Waals surface area contributed by atoms with Gasteiger partial charge in [0.1, 0.15) is 5.82 Å². The molecule has 3 nitrogen and oxygen atoms in total. The van der Waals surface area contributed by atoms with Crippen LogP contribution in [0.1, 0.15) is 35.4 Å². The van der Waals surface area contributed by atoms with Gasteiger partial charge >= 0.3 is 0 Å². The quantitative estimate of drug-likeness (QED) is 0.719. The maximum Gasteiger partial charge on any atom is 0.254 e. The molecule has 0 saturated carbocycles. The van der Waals surface area contributed by atoms with E-state index >= 15 is 0 Å². The Morgan fingerprint density at radius 1 is 1.26 bits per heavy atom. The van der Waals surface area contributed by atoms with Crippen molar-refractivity contribution in [3.63, 3.8) is 0 Å². The zero-order valence-corrected chi connectivity index (χ0v) is 14.5. The lowest BCUT2D eigenvalue weighted by molar-refractivity contribution is 0.0634. The minimum absolute atomic E-state index is 0.0100. The number of hydrogen-bond donors (Lipinski definition) is 1. The fourth-order valence-electron chi connectivity index (χ4n) is 2.12. The van der Waals surface area contributed by atoms with Crippen LogP contribution in [0, 0.1) is 5.82 Å². The minimum atomic E-state index is -0.536. The van der Waals surface area contributed by atoms with Crippen molar-refractivity contribution >= 4 is 21.8 Å². The first-order valence-electron chi connectivity index (χ1n) is 7.47. The summed E-state index contributed by atoms with van der Waals surface area (Å²) in [5.41, 5.74) is 1.17. The van der Waals surface area contributed by atoms with Gasteiger partial charge in [0.25, 0.3) is 5.91 Å². The summed E-state index contributed by atoms with van der Waals surface area (Å²) in [5.74, 6) is -0.947. The van der Waals surface area contributed by atoms with E-state index in [4.69, 9.17) is 4.74 Å². The molecule has 2 aromatic carbocycles. The van der Waals surface area contributed by atoms with Crippen molar-refractivity contribution in [2.24, 2.45) is 0 Å². The molecule has 1 N–H and O–H groups in total. The Morgan fingerprint density at radius 2 is 2.00 bits per heavy atom. The van der Waals surface area contributed by atoms with Crippen LogP contribution < -0.4 is 5.32 Å². The Morgan fingerprint density at radius 3 is 2.70 bits per heavy atom. The van der Waals surface area contributed by atoms with Crippen LogP contribution >= 0.6 is 15.9 Å². The average molecular weight is 380 g/mol. The molecule has 0 spiro atoms. The number of carbonyl (C=O) groups is 1. The number of rotatable bonds is 7. The van der Waals surface area contributed by atoms with Gasteiger partial charge in [-0.05, 0) is 37.1 Å². The minimum Gasteiger partial charge on any atom is -0.374 e. The maximum atomic E-state index is 13.7. The first-order valence-corrected chi connectivity index (χ1v) is 8.27. The number of ether oxygens (including phenoxy) is 1. The lowest BCUT2D eigenvalue weighted by Crippen LogP contribution is -2.26. The van der Waals surface area contributed by atoms with Crippen LogP contribution in [0.5, 0.6) is 0 Å². The molecule has 122 valence electrons. The summed E-state index contributed by atoms with van der Waals surface area (Å²) >= 11 is 3.16. The molecule has 0 fully saturated rings. The van der Waals surface area contributed by atoms with Crippen LogP contribution in [-0.2, 0) is 4.74 Å². The largest absolute Gasteiger partial charge is 0.374 e. The molecule has 0 radical (unpaired) electrons. The normalized spacial score (nSPS) is 12.0. The highest BCUT2D eigenvalue weighted by atomic mass is 79.9. The third kappa shape index (κ3) is 5.44. The number of hydrogen-bond acceptors (Lipinski definition) is 2. The molecular weight excluding hydrogens is 361 g/mol. The highest BCUT2D eigenvalue weighted by molar-refractivity contribution is 9.10. The van der Waals surface area contributed by atoms with Gasteiger partial charge < -0.3 is 10.1 Å². The number of amides is 1. The molecule has 2 rings (SSSR count). The Hall–Kier alpha value is -1.72. The monoisotopic (exact) mass is 379 g/mol. The number of nitrogens with one attached hydrogen (secondary N) is 1. The predicted molar refractivity (Wildman–Crippen MR) is 91.9 cm³/mol. The zero-order chi connectivity index (χ0) is 16.7. The molecule has 0 bridgehead atoms. The molecule has 1 amide bonds. The van der Waals surface area contributed by atoms with E-state index in [2.05, 4.69) is 21.2 Å². The maximum absolute atomic E-state index is 13.7. The predicted octanol–water partition coefficient (Wildman–Crippen LogP) is 4.49. The Bertz CT molecular complexity index is 649. The summed E-state index contributed by atoms with van der Waals surface area (Å²) in [6, 6.07) is 14.3. The van der Waals surface area contributed by atoms with Gasteiger partial charge in [0.15, 0.2) is 0 Å². The van der Waals surface area contributed by atoms with Crippen LogP contribution in [0.2, 0.25) is 0 Å². The molecule has 0 aromatic heterocycles. The van der Waals surface area contributed by atoms with Crippen molar-refractivity contribution < 1.29 is 13.9 Å². The summed E-state index contributed by atoms with van der Waals surface area (Å²) in [4.78, 5) is 11.9. The van der Waals surface area contributed by atoms with Crippen molar-refractivity contribution in [1.29, 1.82) is 0 Å². The molecule has 1 atom stereocenters. The van der Waals surface area contributed by atoms with Crippen molar-refractivity contribution in [1.82, 2.24) is 5.32 Å². The van der Waals surface area contributed by atoms with Crippen molar-refractivity contribution in [2.75, 3.05) is 13.2 Å². The van der Waals surface area contributed by atoms with Gasteiger partial charge in [-0.25, -0.2) is 4.39 Å². The van der Waals surface area contributed by atoms with Crippen LogP contribution in [0.3, 0.4) is 0 Å². The number of halogens is 2. The molecule has 23 heavy (non-hydrogen) atoms. The van der Waals surface area contributed by atoms with Gasteiger partial charge in [0.05, 0.1) is 11.7 Å². The second-order valence-electron chi connectivity index (χ2n) is 5.16. The van der Waals surface area contributed by atoms with E-state index in [0.717, 1.165) is 5.56 Å². The zero-order valence-electron chi connectivity index (χ0n) is 12.9. The summed E-state index contributed by atoms with van der Waals surface area (Å²) in [6.45, 7) is 2.96. The Labute approximate surface area is 144 Å². The molecule has 0 heterocycles. The average Bonchev–Trinajstić information content (AvgIpc) is 2.55. The van der Waals surface area contributed by atoms with Gasteiger partial charge in [-0.2, -0.15) is 0 Å². The molecule has 2 aromatic rings. The van der Waals surface area contributed by atoms with E-state index in [0.29, 0.717) is 24.0 Å². The third-order valence-electron chi connectivity index (χ3n) is 3.42. The van der Waals surface area contributed by atoms with Crippen molar-refractivity contribution in [3.8, 4) is 0 Å². The topological polar surface area (TPSA) is 38.3 Å². The van der Waals surface area contributed by atoms with E-state index in [1.54, 1.807) is 6.07 Å². The molecule has 5 heteroatoms. The fraction of sp³-hybridized carbons (Fsp3) is 0.278. The fourth-order valence-corrected chi connectivity index (χ4v) is 2.46. The van der Waals surface area contributed by atoms with Crippen LogP contribution in [-0.4, -0.2) is 19.1 Å². The van der Waals surface area contributed by atoms with E-state index in [1.165, 1.54) is 12.1 Å². The SMILES string of the molecule is C[C@@H](OCCCNC(=O)c1ccc(Br)cc1F)c1ccccc1. The second-order valence-corrected chi connectivity index (χ2v) is 6.07. The highest BCUT2D eigenvalue weighted by Crippen LogP contribution is 2.16. The van der Waals surface area contributed by atoms with Crippen LogP contribution in [0.4, 0.5) is 4.39 Å². The first-order chi connectivity index (χ1) is 11.1. The van der Waals surface area contributed by atoms with Gasteiger partial charge in [0.2, 0.25) is 0 Å². The van der Waals surface area contributed by atoms with Gasteiger partial charge in [-0.15, -0.1) is 0 Å². The van der Waals surface area contributed by atoms with E-state index < -0.39 is 11.7 Å². The summed E-state index contributed by atoms with van der Waals surface area (Å²) in [5, 5.41) is 2.70. The molecular formula is C18H19BrFNO2. The first kappa shape index (κ1) is 17.6. The summed E-state index contributed by atoms with van der Waals surface area (Å²) in [7, 11) is 0. The van der Waals surface area contributed by atoms with Gasteiger partial charge in [-0.1, -0.05) is 46.3 Å². The molecule has 0 saturated heterocycles.